The van der Waals surface area contributed by atoms with E-state index >= 15 is 0 Å². The maximum absolute atomic E-state index is 11.7. The van der Waals surface area contributed by atoms with E-state index in [1.807, 2.05) is 19.1 Å². The van der Waals surface area contributed by atoms with Crippen LogP contribution in [-0.2, 0) is 24.0 Å². The summed E-state index contributed by atoms with van der Waals surface area (Å²) in [5, 5.41) is 0. The molecule has 0 aromatic heterocycles. The van der Waals surface area contributed by atoms with Crippen molar-refractivity contribution in [3.63, 3.8) is 0 Å². The molecule has 0 N–H and O–H groups in total. The lowest BCUT2D eigenvalue weighted by atomic mass is 9.58. The van der Waals surface area contributed by atoms with E-state index in [-0.39, 0.29) is 17.3 Å². The van der Waals surface area contributed by atoms with Crippen molar-refractivity contribution in [3.05, 3.63) is 29.8 Å². The number of hydrogen-bond donors (Lipinski definition) is 0. The summed E-state index contributed by atoms with van der Waals surface area (Å²) < 4.78 is 17.8. The van der Waals surface area contributed by atoms with Gasteiger partial charge in [-0.15, -0.1) is 0 Å². The number of hydrogen-bond acceptors (Lipinski definition) is 7. The van der Waals surface area contributed by atoms with Crippen molar-refractivity contribution >= 4 is 17.7 Å². The molecule has 6 nitrogen and oxygen atoms in total. The van der Waals surface area contributed by atoms with Crippen molar-refractivity contribution < 1.29 is 28.8 Å². The number of carbonyl (C=O) groups excluding carboxylic acids is 1. The molecule has 5 fully saturated rings. The molecule has 6 rings (SSSR count). The first-order chi connectivity index (χ1) is 14.4. The van der Waals surface area contributed by atoms with Crippen molar-refractivity contribution in [2.24, 2.45) is 23.7 Å². The van der Waals surface area contributed by atoms with Gasteiger partial charge < -0.3 is 14.2 Å². The third-order valence-corrected chi connectivity index (χ3v) is 8.94. The Bertz CT molecular complexity index is 814. The van der Waals surface area contributed by atoms with Crippen LogP contribution in [0.25, 0.3) is 0 Å². The molecule has 164 valence electrons. The molecule has 4 saturated heterocycles. The summed E-state index contributed by atoms with van der Waals surface area (Å²) in [7, 11) is 1.39. The topological polar surface area (TPSA) is 63.2 Å². The van der Waals surface area contributed by atoms with Crippen LogP contribution >= 0.6 is 11.8 Å². The zero-order valence-corrected chi connectivity index (χ0v) is 18.8. The van der Waals surface area contributed by atoms with Crippen LogP contribution in [0, 0.1) is 23.7 Å². The summed E-state index contributed by atoms with van der Waals surface area (Å²) in [6.45, 7) is 6.53. The largest absolute Gasteiger partial charge is 0.465 e. The predicted molar refractivity (Wildman–Crippen MR) is 110 cm³/mol. The Morgan fingerprint density at radius 2 is 1.87 bits per heavy atom. The zero-order valence-electron chi connectivity index (χ0n) is 18.0. The van der Waals surface area contributed by atoms with Gasteiger partial charge in [0, 0.05) is 17.2 Å². The van der Waals surface area contributed by atoms with E-state index in [4.69, 9.17) is 24.0 Å². The molecule has 1 spiro atoms. The second-order valence-electron chi connectivity index (χ2n) is 9.41. The first-order valence-electron chi connectivity index (χ1n) is 10.9. The van der Waals surface area contributed by atoms with Crippen molar-refractivity contribution in [3.8, 4) is 0 Å². The van der Waals surface area contributed by atoms with E-state index in [1.54, 1.807) is 23.9 Å². The van der Waals surface area contributed by atoms with Gasteiger partial charge in [0.1, 0.15) is 5.44 Å². The van der Waals surface area contributed by atoms with E-state index in [0.29, 0.717) is 23.3 Å². The number of fused-ring (bicyclic) bond motifs is 2. The minimum absolute atomic E-state index is 0.0600. The summed E-state index contributed by atoms with van der Waals surface area (Å²) in [5.74, 6) is 0.435. The van der Waals surface area contributed by atoms with Crippen LogP contribution in [0.4, 0.5) is 0 Å². The molecule has 2 bridgehead atoms. The van der Waals surface area contributed by atoms with Gasteiger partial charge in [-0.1, -0.05) is 25.6 Å². The first-order valence-corrected chi connectivity index (χ1v) is 11.8. The van der Waals surface area contributed by atoms with Crippen molar-refractivity contribution in [2.45, 2.75) is 74.5 Å². The fourth-order valence-corrected chi connectivity index (χ4v) is 7.05. The van der Waals surface area contributed by atoms with Gasteiger partial charge in [0.15, 0.2) is 11.9 Å². The van der Waals surface area contributed by atoms with Crippen molar-refractivity contribution in [2.75, 3.05) is 7.11 Å². The molecule has 5 aliphatic rings. The van der Waals surface area contributed by atoms with Gasteiger partial charge in [0.2, 0.25) is 5.79 Å². The molecule has 0 unspecified atom stereocenters. The van der Waals surface area contributed by atoms with Crippen LogP contribution in [0.1, 0.15) is 56.8 Å². The fourth-order valence-electron chi connectivity index (χ4n) is 5.93. The summed E-state index contributed by atoms with van der Waals surface area (Å²) in [5.41, 5.74) is -0.0422. The van der Waals surface area contributed by atoms with Crippen LogP contribution < -0.4 is 0 Å². The molecule has 1 aromatic rings. The van der Waals surface area contributed by atoms with Crippen LogP contribution in [0.5, 0.6) is 0 Å². The lowest BCUT2D eigenvalue weighted by molar-refractivity contribution is -0.568. The van der Waals surface area contributed by atoms with E-state index in [2.05, 4.69) is 13.8 Å². The fraction of sp³-hybridized carbons (Fsp3) is 0.696. The Morgan fingerprint density at radius 1 is 1.10 bits per heavy atom. The number of carbonyl (C=O) groups is 1. The smallest absolute Gasteiger partial charge is 0.337 e. The molecule has 0 amide bonds. The molecule has 4 aliphatic heterocycles. The summed E-state index contributed by atoms with van der Waals surface area (Å²) in [6.07, 6.45) is 3.70. The van der Waals surface area contributed by atoms with Gasteiger partial charge in [-0.3, -0.25) is 0 Å². The highest BCUT2D eigenvalue weighted by atomic mass is 32.2. The molecule has 4 heterocycles. The van der Waals surface area contributed by atoms with Crippen LogP contribution in [-0.4, -0.2) is 36.2 Å². The van der Waals surface area contributed by atoms with Crippen LogP contribution in [0.15, 0.2) is 29.2 Å². The SMILES string of the molecule is COC(=O)c1ccc(S[C@H]2O[C@@H]3O[C@@]4(C)CC[C@H]5[C@H](C)CC[C@@H]([C@H]2C)[C@@]35OO4)cc1. The normalized spacial score (nSPS) is 44.8. The first kappa shape index (κ1) is 20.8. The second-order valence-corrected chi connectivity index (χ2v) is 10.6. The molecular formula is C23H30O6S. The van der Waals surface area contributed by atoms with Crippen LogP contribution in [0.3, 0.4) is 0 Å². The maximum atomic E-state index is 11.7. The van der Waals surface area contributed by atoms with Crippen LogP contribution in [0.2, 0.25) is 0 Å². The Balaban J connectivity index is 1.42. The van der Waals surface area contributed by atoms with E-state index < -0.39 is 17.7 Å². The van der Waals surface area contributed by atoms with Gasteiger partial charge in [-0.25, -0.2) is 14.6 Å². The number of ether oxygens (including phenoxy) is 3. The second kappa shape index (κ2) is 7.48. The lowest BCUT2D eigenvalue weighted by Crippen LogP contribution is -2.70. The van der Waals surface area contributed by atoms with Gasteiger partial charge in [0.05, 0.1) is 12.7 Å². The van der Waals surface area contributed by atoms with Gasteiger partial charge in [-0.2, -0.15) is 0 Å². The summed E-state index contributed by atoms with van der Waals surface area (Å²) in [4.78, 5) is 24.8. The standard InChI is InChI=1S/C23H30O6S/c1-13-5-10-18-14(2)20(30-16-8-6-15(7-9-16)19(24)25-4)26-21-23(18)17(13)11-12-22(3,27-21)28-29-23/h6-9,13-14,17-18,20-21H,5,10-12H2,1-4H3/t13-,14-,17+,18+,20-,21-,22-,23-/m1/s1. The van der Waals surface area contributed by atoms with Gasteiger partial charge in [0.25, 0.3) is 0 Å². The maximum Gasteiger partial charge on any atom is 0.337 e. The van der Waals surface area contributed by atoms with E-state index in [0.717, 1.165) is 24.2 Å². The minimum atomic E-state index is -0.754. The number of esters is 1. The summed E-state index contributed by atoms with van der Waals surface area (Å²) >= 11 is 1.68. The van der Waals surface area contributed by atoms with Crippen molar-refractivity contribution in [1.82, 2.24) is 0 Å². The highest BCUT2D eigenvalue weighted by molar-refractivity contribution is 7.99. The molecule has 1 aliphatic carbocycles. The zero-order chi connectivity index (χ0) is 21.1. The third-order valence-electron chi connectivity index (χ3n) is 7.62. The average molecular weight is 435 g/mol. The average Bonchev–Trinajstić information content (AvgIpc) is 2.98. The molecule has 7 heteroatoms. The van der Waals surface area contributed by atoms with E-state index in [9.17, 15) is 4.79 Å². The van der Waals surface area contributed by atoms with Crippen molar-refractivity contribution in [1.29, 1.82) is 0 Å². The van der Waals surface area contributed by atoms with E-state index in [1.165, 1.54) is 13.5 Å². The lowest BCUT2D eigenvalue weighted by Gasteiger charge is -2.60. The number of methoxy groups -OCH3 is 1. The molecule has 8 atom stereocenters. The number of benzene rings is 1. The number of rotatable bonds is 3. The molecule has 1 saturated carbocycles. The highest BCUT2D eigenvalue weighted by Crippen LogP contribution is 2.61. The minimum Gasteiger partial charge on any atom is -0.465 e. The van der Waals surface area contributed by atoms with Gasteiger partial charge in [-0.05, 0) is 68.2 Å². The molecule has 0 radical (unpaired) electrons. The highest BCUT2D eigenvalue weighted by Gasteiger charge is 2.69. The Labute approximate surface area is 181 Å². The summed E-state index contributed by atoms with van der Waals surface area (Å²) in [6, 6.07) is 7.49. The number of thioether (sulfide) groups is 1. The molecule has 1 aromatic carbocycles. The predicted octanol–water partition coefficient (Wildman–Crippen LogP) is 4.77. The monoisotopic (exact) mass is 434 g/mol. The quantitative estimate of drug-likeness (QED) is 0.501. The Kier molecular flexibility index (Phi) is 5.18. The molecular weight excluding hydrogens is 404 g/mol. The third kappa shape index (κ3) is 3.13. The van der Waals surface area contributed by atoms with Gasteiger partial charge >= 0.3 is 5.97 Å². The molecule has 30 heavy (non-hydrogen) atoms. The Hall–Kier alpha value is -1.12. The Morgan fingerprint density at radius 3 is 2.60 bits per heavy atom.